The van der Waals surface area contributed by atoms with Gasteiger partial charge in [-0.1, -0.05) is 6.92 Å². The number of amides is 1. The Morgan fingerprint density at radius 1 is 1.30 bits per heavy atom. The van der Waals surface area contributed by atoms with Gasteiger partial charge in [0, 0.05) is 4.47 Å². The molecule has 110 valence electrons. The molecule has 1 amide bonds. The lowest BCUT2D eigenvalue weighted by atomic mass is 10.1. The lowest BCUT2D eigenvalue weighted by Gasteiger charge is -2.15. The molecule has 0 aliphatic rings. The monoisotopic (exact) mass is 345 g/mol. The molecule has 1 atom stereocenters. The highest BCUT2D eigenvalue weighted by Gasteiger charge is 2.21. The van der Waals surface area contributed by atoms with E-state index in [1.54, 1.807) is 13.0 Å². The van der Waals surface area contributed by atoms with E-state index in [-0.39, 0.29) is 5.56 Å². The molecule has 0 bridgehead atoms. The van der Waals surface area contributed by atoms with Crippen LogP contribution in [-0.4, -0.2) is 37.2 Å². The lowest BCUT2D eigenvalue weighted by molar-refractivity contribution is -0.139. The van der Waals surface area contributed by atoms with Gasteiger partial charge >= 0.3 is 5.97 Å². The van der Waals surface area contributed by atoms with Crippen LogP contribution in [0.4, 0.5) is 0 Å². The van der Waals surface area contributed by atoms with Gasteiger partial charge in [0.2, 0.25) is 0 Å². The Balaban J connectivity index is 3.07. The molecule has 0 aliphatic carbocycles. The van der Waals surface area contributed by atoms with Crippen LogP contribution in [0.15, 0.2) is 16.6 Å². The number of benzene rings is 1. The molecule has 0 heterocycles. The first-order valence-electron chi connectivity index (χ1n) is 5.89. The number of rotatable bonds is 6. The normalized spacial score (nSPS) is 11.6. The van der Waals surface area contributed by atoms with Crippen molar-refractivity contribution in [2.75, 3.05) is 14.2 Å². The number of hydrogen-bond acceptors (Lipinski definition) is 4. The molecule has 1 aromatic carbocycles. The molecule has 0 spiro atoms. The smallest absolute Gasteiger partial charge is 0.326 e. The van der Waals surface area contributed by atoms with Crippen molar-refractivity contribution in [3.05, 3.63) is 22.2 Å². The summed E-state index contributed by atoms with van der Waals surface area (Å²) in [7, 11) is 2.95. The summed E-state index contributed by atoms with van der Waals surface area (Å²) in [6, 6.07) is 2.16. The molecule has 2 N–H and O–H groups in total. The van der Waals surface area contributed by atoms with E-state index in [2.05, 4.69) is 21.2 Å². The molecule has 6 nitrogen and oxygen atoms in total. The number of carboxylic acids is 1. The maximum atomic E-state index is 12.1. The second kappa shape index (κ2) is 7.14. The highest BCUT2D eigenvalue weighted by atomic mass is 79.9. The van der Waals surface area contributed by atoms with Crippen molar-refractivity contribution in [1.29, 1.82) is 0 Å². The maximum Gasteiger partial charge on any atom is 0.326 e. The summed E-state index contributed by atoms with van der Waals surface area (Å²) in [6.07, 6.45) is 0.298. The van der Waals surface area contributed by atoms with E-state index in [9.17, 15) is 9.59 Å². The number of methoxy groups -OCH3 is 2. The van der Waals surface area contributed by atoms with Crippen molar-refractivity contribution in [2.45, 2.75) is 19.4 Å². The van der Waals surface area contributed by atoms with Gasteiger partial charge in [-0.05, 0) is 34.5 Å². The summed E-state index contributed by atoms with van der Waals surface area (Å²) >= 11 is 3.26. The van der Waals surface area contributed by atoms with E-state index in [4.69, 9.17) is 14.6 Å². The van der Waals surface area contributed by atoms with E-state index in [1.165, 1.54) is 20.3 Å². The fraction of sp³-hybridized carbons (Fsp3) is 0.385. The summed E-state index contributed by atoms with van der Waals surface area (Å²) in [5.41, 5.74) is 0.280. The number of ether oxygens (including phenoxy) is 2. The molecule has 0 aromatic heterocycles. The predicted molar refractivity (Wildman–Crippen MR) is 76.4 cm³/mol. The summed E-state index contributed by atoms with van der Waals surface area (Å²) in [6.45, 7) is 1.68. The third kappa shape index (κ3) is 3.63. The fourth-order valence-electron chi connectivity index (χ4n) is 1.60. The van der Waals surface area contributed by atoms with Crippen molar-refractivity contribution in [3.8, 4) is 11.5 Å². The van der Waals surface area contributed by atoms with Crippen molar-refractivity contribution in [2.24, 2.45) is 0 Å². The summed E-state index contributed by atoms with van der Waals surface area (Å²) < 4.78 is 10.7. The van der Waals surface area contributed by atoms with Crippen LogP contribution in [0, 0.1) is 0 Å². The molecule has 0 fully saturated rings. The van der Waals surface area contributed by atoms with E-state index in [0.29, 0.717) is 22.4 Å². The first-order valence-corrected chi connectivity index (χ1v) is 6.69. The van der Waals surface area contributed by atoms with Crippen molar-refractivity contribution < 1.29 is 24.2 Å². The second-order valence-electron chi connectivity index (χ2n) is 3.96. The Kier molecular flexibility index (Phi) is 5.82. The van der Waals surface area contributed by atoms with Crippen LogP contribution < -0.4 is 14.8 Å². The van der Waals surface area contributed by atoms with Gasteiger partial charge in [-0.15, -0.1) is 0 Å². The molecule has 1 rings (SSSR count). The van der Waals surface area contributed by atoms with E-state index < -0.39 is 17.9 Å². The molecule has 1 unspecified atom stereocenters. The number of halogens is 1. The van der Waals surface area contributed by atoms with Crippen LogP contribution in [0.25, 0.3) is 0 Å². The van der Waals surface area contributed by atoms with Gasteiger partial charge in [0.1, 0.15) is 6.04 Å². The number of hydrogen-bond donors (Lipinski definition) is 2. The largest absolute Gasteiger partial charge is 0.493 e. The third-order valence-corrected chi connectivity index (χ3v) is 3.39. The van der Waals surface area contributed by atoms with Gasteiger partial charge in [-0.2, -0.15) is 0 Å². The van der Waals surface area contributed by atoms with E-state index >= 15 is 0 Å². The minimum atomic E-state index is -1.07. The molecule has 0 saturated carbocycles. The Hall–Kier alpha value is -1.76. The third-order valence-electron chi connectivity index (χ3n) is 2.73. The minimum absolute atomic E-state index is 0.280. The first kappa shape index (κ1) is 16.3. The number of nitrogens with one attached hydrogen (secondary N) is 1. The Bertz CT molecular complexity index is 518. The molecule has 0 aliphatic heterocycles. The second-order valence-corrected chi connectivity index (χ2v) is 4.81. The Morgan fingerprint density at radius 2 is 1.85 bits per heavy atom. The van der Waals surface area contributed by atoms with Gasteiger partial charge in [-0.25, -0.2) is 4.79 Å². The van der Waals surface area contributed by atoms with Crippen LogP contribution in [0.2, 0.25) is 0 Å². The minimum Gasteiger partial charge on any atom is -0.493 e. The van der Waals surface area contributed by atoms with Gasteiger partial charge in [0.05, 0.1) is 19.8 Å². The standard InChI is InChI=1S/C13H16BrNO5/c1-4-9(13(17)18)15-12(16)7-5-10(19-2)11(20-3)6-8(7)14/h5-6,9H,4H2,1-3H3,(H,15,16)(H,17,18). The van der Waals surface area contributed by atoms with Crippen molar-refractivity contribution in [3.63, 3.8) is 0 Å². The number of aliphatic carboxylic acids is 1. The summed E-state index contributed by atoms with van der Waals surface area (Å²) in [5.74, 6) is -0.699. The van der Waals surface area contributed by atoms with E-state index in [0.717, 1.165) is 0 Å². The molecule has 20 heavy (non-hydrogen) atoms. The van der Waals surface area contributed by atoms with Gasteiger partial charge in [0.15, 0.2) is 11.5 Å². The van der Waals surface area contributed by atoms with Crippen molar-refractivity contribution >= 4 is 27.8 Å². The van der Waals surface area contributed by atoms with Crippen LogP contribution in [0.5, 0.6) is 11.5 Å². The number of carbonyl (C=O) groups excluding carboxylic acids is 1. The number of carboxylic acid groups (broad SMARTS) is 1. The lowest BCUT2D eigenvalue weighted by Crippen LogP contribution is -2.40. The average molecular weight is 346 g/mol. The molecule has 1 aromatic rings. The average Bonchev–Trinajstić information content (AvgIpc) is 2.43. The highest BCUT2D eigenvalue weighted by molar-refractivity contribution is 9.10. The Labute approximate surface area is 125 Å². The Morgan fingerprint density at radius 3 is 2.30 bits per heavy atom. The van der Waals surface area contributed by atoms with Crippen molar-refractivity contribution in [1.82, 2.24) is 5.32 Å². The van der Waals surface area contributed by atoms with Crippen LogP contribution in [0.1, 0.15) is 23.7 Å². The number of carbonyl (C=O) groups is 2. The summed E-state index contributed by atoms with van der Waals surface area (Å²) in [5, 5.41) is 11.4. The summed E-state index contributed by atoms with van der Waals surface area (Å²) in [4.78, 5) is 23.0. The molecule has 0 saturated heterocycles. The zero-order chi connectivity index (χ0) is 15.3. The SMILES string of the molecule is CCC(NC(=O)c1cc(OC)c(OC)cc1Br)C(=O)O. The van der Waals surface area contributed by atoms with Gasteiger partial charge in [-0.3, -0.25) is 4.79 Å². The van der Waals surface area contributed by atoms with Gasteiger partial charge < -0.3 is 19.9 Å². The van der Waals surface area contributed by atoms with Crippen LogP contribution in [0.3, 0.4) is 0 Å². The van der Waals surface area contributed by atoms with Crippen LogP contribution >= 0.6 is 15.9 Å². The fourth-order valence-corrected chi connectivity index (χ4v) is 2.11. The highest BCUT2D eigenvalue weighted by Crippen LogP contribution is 2.33. The topological polar surface area (TPSA) is 84.9 Å². The van der Waals surface area contributed by atoms with Gasteiger partial charge in [0.25, 0.3) is 5.91 Å². The zero-order valence-electron chi connectivity index (χ0n) is 11.4. The first-order chi connectivity index (χ1) is 9.44. The predicted octanol–water partition coefficient (Wildman–Crippen LogP) is 2.06. The molecular weight excluding hydrogens is 330 g/mol. The molecular formula is C13H16BrNO5. The van der Waals surface area contributed by atoms with Crippen LogP contribution in [-0.2, 0) is 4.79 Å². The molecule has 7 heteroatoms. The zero-order valence-corrected chi connectivity index (χ0v) is 13.0. The quantitative estimate of drug-likeness (QED) is 0.824. The maximum absolute atomic E-state index is 12.1. The molecule has 0 radical (unpaired) electrons. The van der Waals surface area contributed by atoms with E-state index in [1.807, 2.05) is 0 Å².